The van der Waals surface area contributed by atoms with Crippen molar-refractivity contribution in [2.24, 2.45) is 0 Å². The van der Waals surface area contributed by atoms with Crippen molar-refractivity contribution in [1.82, 2.24) is 14.5 Å². The smallest absolute Gasteiger partial charge is 0.261 e. The molecule has 1 N–H and O–H groups in total. The minimum absolute atomic E-state index is 0.177. The molecule has 0 aliphatic heterocycles. The first kappa shape index (κ1) is 13.7. The number of fused-ring (bicyclic) bond motifs is 1. The Balaban J connectivity index is 2.32. The second kappa shape index (κ2) is 5.26. The molecule has 21 heavy (non-hydrogen) atoms. The molecule has 0 aliphatic carbocycles. The molecule has 4 nitrogen and oxygen atoms in total. The monoisotopic (exact) mass is 297 g/mol. The molecule has 0 spiro atoms. The van der Waals surface area contributed by atoms with Gasteiger partial charge in [-0.05, 0) is 43.3 Å². The highest BCUT2D eigenvalue weighted by Crippen LogP contribution is 2.15. The van der Waals surface area contributed by atoms with Gasteiger partial charge in [0.15, 0.2) is 4.77 Å². The molecule has 0 saturated carbocycles. The fourth-order valence-electron chi connectivity index (χ4n) is 2.53. The zero-order valence-electron chi connectivity index (χ0n) is 11.9. The number of hydrogen-bond acceptors (Lipinski definition) is 3. The largest absolute Gasteiger partial charge is 0.298 e. The van der Waals surface area contributed by atoms with Crippen molar-refractivity contribution in [2.45, 2.75) is 20.4 Å². The molecule has 106 valence electrons. The van der Waals surface area contributed by atoms with Crippen LogP contribution in [0, 0.1) is 18.6 Å². The molecule has 3 rings (SSSR count). The normalized spacial score (nSPS) is 11.0. The zero-order chi connectivity index (χ0) is 15.0. The maximum absolute atomic E-state index is 12.2. The van der Waals surface area contributed by atoms with Crippen LogP contribution < -0.4 is 5.56 Å². The molecule has 2 aromatic heterocycles. The molecule has 2 heterocycles. The Morgan fingerprint density at radius 3 is 2.67 bits per heavy atom. The van der Waals surface area contributed by atoms with Gasteiger partial charge in [0.05, 0.1) is 11.9 Å². The van der Waals surface area contributed by atoms with Gasteiger partial charge in [-0.25, -0.2) is 4.98 Å². The van der Waals surface area contributed by atoms with E-state index in [1.165, 1.54) is 0 Å². The molecular formula is C16H15N3OS. The Bertz CT molecular complexity index is 926. The summed E-state index contributed by atoms with van der Waals surface area (Å²) < 4.78 is 2.27. The maximum atomic E-state index is 12.2. The lowest BCUT2D eigenvalue weighted by atomic mass is 10.1. The third-order valence-corrected chi connectivity index (χ3v) is 3.78. The third kappa shape index (κ3) is 2.52. The number of rotatable bonds is 2. The fourth-order valence-corrected chi connectivity index (χ4v) is 2.77. The standard InChI is InChI=1S/C16H15N3OS/c1-10-8-11(2)17-14-13(10)15(20)18-16(21)19(14)9-12-6-4-3-5-7-12/h3-8H,9H2,1-2H3,(H,18,20,21). The minimum Gasteiger partial charge on any atom is -0.298 e. The van der Waals surface area contributed by atoms with E-state index >= 15 is 0 Å². The lowest BCUT2D eigenvalue weighted by Gasteiger charge is -2.12. The Morgan fingerprint density at radius 1 is 1.24 bits per heavy atom. The van der Waals surface area contributed by atoms with Gasteiger partial charge in [0.1, 0.15) is 5.65 Å². The third-order valence-electron chi connectivity index (χ3n) is 3.46. The molecule has 0 aliphatic rings. The Morgan fingerprint density at radius 2 is 1.95 bits per heavy atom. The van der Waals surface area contributed by atoms with Gasteiger partial charge >= 0.3 is 0 Å². The first-order valence-corrected chi connectivity index (χ1v) is 7.12. The van der Waals surface area contributed by atoms with Gasteiger partial charge in [0.25, 0.3) is 5.56 Å². The summed E-state index contributed by atoms with van der Waals surface area (Å²) in [6.07, 6.45) is 0. The summed E-state index contributed by atoms with van der Waals surface area (Å²) in [7, 11) is 0. The number of aryl methyl sites for hydroxylation is 2. The Hall–Kier alpha value is -2.27. The first-order chi connectivity index (χ1) is 10.1. The van der Waals surface area contributed by atoms with Gasteiger partial charge < -0.3 is 0 Å². The summed E-state index contributed by atoms with van der Waals surface area (Å²) in [5, 5.41) is 0.602. The SMILES string of the molecule is Cc1cc(C)c2c(=O)[nH]c(=S)n(Cc3ccccc3)c2n1. The predicted molar refractivity (Wildman–Crippen MR) is 86.2 cm³/mol. The maximum Gasteiger partial charge on any atom is 0.261 e. The molecule has 0 fully saturated rings. The van der Waals surface area contributed by atoms with E-state index in [-0.39, 0.29) is 5.56 Å². The summed E-state index contributed by atoms with van der Waals surface area (Å²) in [5.74, 6) is 0. The van der Waals surface area contributed by atoms with E-state index in [2.05, 4.69) is 9.97 Å². The van der Waals surface area contributed by atoms with E-state index in [1.807, 2.05) is 54.8 Å². The van der Waals surface area contributed by atoms with Crippen LogP contribution in [0.25, 0.3) is 11.0 Å². The fraction of sp³-hybridized carbons (Fsp3) is 0.188. The molecule has 0 atom stereocenters. The van der Waals surface area contributed by atoms with E-state index in [0.717, 1.165) is 16.8 Å². The second-order valence-corrected chi connectivity index (χ2v) is 5.50. The average molecular weight is 297 g/mol. The summed E-state index contributed by atoms with van der Waals surface area (Å²) >= 11 is 5.32. The molecule has 0 saturated heterocycles. The van der Waals surface area contributed by atoms with E-state index < -0.39 is 0 Å². The van der Waals surface area contributed by atoms with Crippen molar-refractivity contribution in [3.05, 3.63) is 68.3 Å². The van der Waals surface area contributed by atoms with E-state index in [0.29, 0.717) is 22.3 Å². The van der Waals surface area contributed by atoms with Crippen LogP contribution in [0.3, 0.4) is 0 Å². The van der Waals surface area contributed by atoms with Crippen molar-refractivity contribution >= 4 is 23.3 Å². The Kier molecular flexibility index (Phi) is 3.43. The van der Waals surface area contributed by atoms with Crippen molar-refractivity contribution in [1.29, 1.82) is 0 Å². The highest BCUT2D eigenvalue weighted by atomic mass is 32.1. The van der Waals surface area contributed by atoms with Gasteiger partial charge in [-0.1, -0.05) is 30.3 Å². The van der Waals surface area contributed by atoms with E-state index in [1.54, 1.807) is 0 Å². The summed E-state index contributed by atoms with van der Waals surface area (Å²) in [6, 6.07) is 11.9. The van der Waals surface area contributed by atoms with Crippen molar-refractivity contribution in [2.75, 3.05) is 0 Å². The van der Waals surface area contributed by atoms with Crippen LogP contribution in [0.1, 0.15) is 16.8 Å². The quantitative estimate of drug-likeness (QED) is 0.739. The van der Waals surface area contributed by atoms with Crippen LogP contribution in [-0.2, 0) is 6.54 Å². The summed E-state index contributed by atoms with van der Waals surface area (Å²) in [4.78, 5) is 19.4. The van der Waals surface area contributed by atoms with Gasteiger partial charge in [0.2, 0.25) is 0 Å². The molecule has 0 bridgehead atoms. The van der Waals surface area contributed by atoms with Gasteiger partial charge in [-0.3, -0.25) is 14.3 Å². The molecule has 0 radical (unpaired) electrons. The number of aromatic amines is 1. The van der Waals surface area contributed by atoms with Crippen LogP contribution in [0.4, 0.5) is 0 Å². The average Bonchev–Trinajstić information content (AvgIpc) is 2.43. The first-order valence-electron chi connectivity index (χ1n) is 6.71. The van der Waals surface area contributed by atoms with E-state index in [9.17, 15) is 4.79 Å². The number of pyridine rings is 1. The number of nitrogens with one attached hydrogen (secondary N) is 1. The predicted octanol–water partition coefficient (Wildman–Crippen LogP) is 3.12. The van der Waals surface area contributed by atoms with Gasteiger partial charge in [0, 0.05) is 5.69 Å². The van der Waals surface area contributed by atoms with Crippen LogP contribution >= 0.6 is 12.2 Å². The van der Waals surface area contributed by atoms with Crippen LogP contribution in [0.5, 0.6) is 0 Å². The van der Waals surface area contributed by atoms with Crippen molar-refractivity contribution in [3.8, 4) is 0 Å². The van der Waals surface area contributed by atoms with Crippen LogP contribution in [0.2, 0.25) is 0 Å². The molecule has 0 amide bonds. The zero-order valence-corrected chi connectivity index (χ0v) is 12.7. The van der Waals surface area contributed by atoms with Gasteiger partial charge in [-0.15, -0.1) is 0 Å². The van der Waals surface area contributed by atoms with Gasteiger partial charge in [-0.2, -0.15) is 0 Å². The lowest BCUT2D eigenvalue weighted by molar-refractivity contribution is 0.769. The summed E-state index contributed by atoms with van der Waals surface area (Å²) in [6.45, 7) is 4.43. The topological polar surface area (TPSA) is 50.7 Å². The van der Waals surface area contributed by atoms with Crippen LogP contribution in [-0.4, -0.2) is 14.5 Å². The number of benzene rings is 1. The van der Waals surface area contributed by atoms with Crippen molar-refractivity contribution < 1.29 is 0 Å². The molecule has 5 heteroatoms. The minimum atomic E-state index is -0.177. The number of H-pyrrole nitrogens is 1. The molecule has 3 aromatic rings. The van der Waals surface area contributed by atoms with Crippen LogP contribution in [0.15, 0.2) is 41.2 Å². The highest BCUT2D eigenvalue weighted by molar-refractivity contribution is 7.71. The number of nitrogens with zero attached hydrogens (tertiary/aromatic N) is 2. The number of hydrogen-bond donors (Lipinski definition) is 1. The molecule has 0 unspecified atom stereocenters. The van der Waals surface area contributed by atoms with E-state index in [4.69, 9.17) is 12.2 Å². The summed E-state index contributed by atoms with van der Waals surface area (Å²) in [5.41, 5.74) is 3.37. The molecule has 1 aromatic carbocycles. The second-order valence-electron chi connectivity index (χ2n) is 5.11. The number of aromatic nitrogens is 3. The molecular weight excluding hydrogens is 282 g/mol. The highest BCUT2D eigenvalue weighted by Gasteiger charge is 2.10. The lowest BCUT2D eigenvalue weighted by Crippen LogP contribution is -2.17. The Labute approximate surface area is 127 Å². The van der Waals surface area contributed by atoms with Crippen molar-refractivity contribution in [3.63, 3.8) is 0 Å².